The highest BCUT2D eigenvalue weighted by Gasteiger charge is 2.11. The summed E-state index contributed by atoms with van der Waals surface area (Å²) in [6.07, 6.45) is 4.18. The predicted octanol–water partition coefficient (Wildman–Crippen LogP) is 1.65. The summed E-state index contributed by atoms with van der Waals surface area (Å²) in [5, 5.41) is 0. The smallest absolute Gasteiger partial charge is 0.173 e. The van der Waals surface area contributed by atoms with Gasteiger partial charge in [0.25, 0.3) is 0 Å². The van der Waals surface area contributed by atoms with Crippen molar-refractivity contribution in [3.05, 3.63) is 41.9 Å². The number of hydrogen-bond donors (Lipinski definition) is 2. The number of H-pyrrole nitrogens is 1. The quantitative estimate of drug-likeness (QED) is 0.874. The Morgan fingerprint density at radius 2 is 2.14 bits per heavy atom. The number of nitrogens with one attached hydrogen (secondary N) is 1. The molecule has 21 heavy (non-hydrogen) atoms. The van der Waals surface area contributed by atoms with Crippen molar-refractivity contribution in [1.82, 2.24) is 9.97 Å². The number of hydrogen-bond acceptors (Lipinski definition) is 5. The Balaban J connectivity index is 1.61. The lowest BCUT2D eigenvalue weighted by molar-refractivity contribution is 0.328. The third-order valence-corrected chi connectivity index (χ3v) is 3.16. The first-order valence-corrected chi connectivity index (χ1v) is 6.86. The predicted molar refractivity (Wildman–Crippen MR) is 82.6 cm³/mol. The summed E-state index contributed by atoms with van der Waals surface area (Å²) in [4.78, 5) is 16.0. The number of fused-ring (bicyclic) bond motifs is 1. The SMILES string of the molecule is NCCOc1ccc(CN=C2C=Nc3nc[nH]c3C2)cc1. The molecule has 1 aromatic carbocycles. The second kappa shape index (κ2) is 6.32. The maximum absolute atomic E-state index is 5.44. The largest absolute Gasteiger partial charge is 0.492 e. The van der Waals surface area contributed by atoms with Crippen LogP contribution in [0.5, 0.6) is 5.75 Å². The molecule has 0 saturated carbocycles. The maximum atomic E-state index is 5.44. The van der Waals surface area contributed by atoms with Gasteiger partial charge in [0.1, 0.15) is 12.4 Å². The summed E-state index contributed by atoms with van der Waals surface area (Å²) < 4.78 is 5.44. The van der Waals surface area contributed by atoms with E-state index in [1.165, 1.54) is 0 Å². The molecular formula is C15H17N5O. The van der Waals surface area contributed by atoms with Crippen LogP contribution in [-0.4, -0.2) is 35.0 Å². The van der Waals surface area contributed by atoms with E-state index < -0.39 is 0 Å². The standard InChI is InChI=1S/C15H17N5O/c16-5-6-21-13-3-1-11(2-4-13)8-17-12-7-14-15(18-9-12)20-10-19-14/h1-4,9-10H,5-8,16H2,(H,19,20). The summed E-state index contributed by atoms with van der Waals surface area (Å²) in [5.41, 5.74) is 8.50. The van der Waals surface area contributed by atoms with E-state index in [-0.39, 0.29) is 0 Å². The topological polar surface area (TPSA) is 88.7 Å². The van der Waals surface area contributed by atoms with Gasteiger partial charge in [0.15, 0.2) is 5.82 Å². The van der Waals surface area contributed by atoms with Crippen molar-refractivity contribution in [1.29, 1.82) is 0 Å². The molecule has 1 aromatic heterocycles. The molecule has 3 N–H and O–H groups in total. The van der Waals surface area contributed by atoms with Crippen molar-refractivity contribution in [2.24, 2.45) is 15.7 Å². The highest BCUT2D eigenvalue weighted by Crippen LogP contribution is 2.18. The van der Waals surface area contributed by atoms with Crippen LogP contribution in [-0.2, 0) is 13.0 Å². The Morgan fingerprint density at radius 3 is 2.95 bits per heavy atom. The lowest BCUT2D eigenvalue weighted by Crippen LogP contribution is -2.10. The highest BCUT2D eigenvalue weighted by atomic mass is 16.5. The number of ether oxygens (including phenoxy) is 1. The molecule has 6 heteroatoms. The molecule has 0 radical (unpaired) electrons. The molecule has 1 aliphatic heterocycles. The molecule has 0 fully saturated rings. The number of aromatic nitrogens is 2. The summed E-state index contributed by atoms with van der Waals surface area (Å²) in [6.45, 7) is 1.68. The minimum absolute atomic E-state index is 0.518. The Morgan fingerprint density at radius 1 is 1.29 bits per heavy atom. The van der Waals surface area contributed by atoms with E-state index in [0.29, 0.717) is 19.7 Å². The molecule has 0 bridgehead atoms. The van der Waals surface area contributed by atoms with Crippen molar-refractivity contribution >= 4 is 17.7 Å². The van der Waals surface area contributed by atoms with Gasteiger partial charge in [-0.3, -0.25) is 4.99 Å². The zero-order valence-electron chi connectivity index (χ0n) is 11.6. The summed E-state index contributed by atoms with van der Waals surface area (Å²) in [5.74, 6) is 1.59. The second-order valence-corrected chi connectivity index (χ2v) is 4.73. The second-order valence-electron chi connectivity index (χ2n) is 4.73. The van der Waals surface area contributed by atoms with Gasteiger partial charge in [-0.05, 0) is 17.7 Å². The minimum atomic E-state index is 0.518. The Hall–Kier alpha value is -2.47. The molecule has 2 heterocycles. The fourth-order valence-corrected chi connectivity index (χ4v) is 2.07. The van der Waals surface area contributed by atoms with Crippen LogP contribution in [0.4, 0.5) is 5.82 Å². The third kappa shape index (κ3) is 3.35. The molecule has 6 nitrogen and oxygen atoms in total. The molecule has 0 amide bonds. The normalized spacial score (nSPS) is 15.2. The van der Waals surface area contributed by atoms with Gasteiger partial charge in [-0.1, -0.05) is 12.1 Å². The molecule has 0 saturated heterocycles. The van der Waals surface area contributed by atoms with E-state index >= 15 is 0 Å². The van der Waals surface area contributed by atoms with Crippen LogP contribution in [0.1, 0.15) is 11.3 Å². The van der Waals surface area contributed by atoms with Crippen LogP contribution >= 0.6 is 0 Å². The van der Waals surface area contributed by atoms with Gasteiger partial charge in [-0.25, -0.2) is 9.98 Å². The molecule has 1 aliphatic rings. The van der Waals surface area contributed by atoms with Crippen LogP contribution in [0.3, 0.4) is 0 Å². The Kier molecular flexibility index (Phi) is 4.07. The first kappa shape index (κ1) is 13.5. The number of imidazole rings is 1. The molecular weight excluding hydrogens is 266 g/mol. The van der Waals surface area contributed by atoms with Crippen LogP contribution < -0.4 is 10.5 Å². The summed E-state index contributed by atoms with van der Waals surface area (Å²) in [7, 11) is 0. The van der Waals surface area contributed by atoms with Gasteiger partial charge in [0.2, 0.25) is 0 Å². The van der Waals surface area contributed by atoms with Crippen molar-refractivity contribution in [3.8, 4) is 5.75 Å². The van der Waals surface area contributed by atoms with Gasteiger partial charge in [0, 0.05) is 13.0 Å². The van der Waals surface area contributed by atoms with Gasteiger partial charge in [-0.15, -0.1) is 0 Å². The average molecular weight is 283 g/mol. The minimum Gasteiger partial charge on any atom is -0.492 e. The monoisotopic (exact) mass is 283 g/mol. The van der Waals surface area contributed by atoms with E-state index in [4.69, 9.17) is 10.5 Å². The third-order valence-electron chi connectivity index (χ3n) is 3.16. The van der Waals surface area contributed by atoms with E-state index in [9.17, 15) is 0 Å². The molecule has 108 valence electrons. The molecule has 0 spiro atoms. The van der Waals surface area contributed by atoms with Crippen molar-refractivity contribution in [3.63, 3.8) is 0 Å². The maximum Gasteiger partial charge on any atom is 0.173 e. The number of aliphatic imine (C=N–C) groups is 2. The van der Waals surface area contributed by atoms with Crippen molar-refractivity contribution < 1.29 is 4.74 Å². The average Bonchev–Trinajstić information content (AvgIpc) is 2.99. The Bertz CT molecular complexity index is 657. The number of nitrogens with zero attached hydrogens (tertiary/aromatic N) is 3. The van der Waals surface area contributed by atoms with E-state index in [0.717, 1.165) is 35.0 Å². The van der Waals surface area contributed by atoms with E-state index in [2.05, 4.69) is 20.0 Å². The zero-order chi connectivity index (χ0) is 14.5. The zero-order valence-corrected chi connectivity index (χ0v) is 11.6. The van der Waals surface area contributed by atoms with Gasteiger partial charge in [0.05, 0.1) is 30.5 Å². The number of nitrogens with two attached hydrogens (primary N) is 1. The summed E-state index contributed by atoms with van der Waals surface area (Å²) >= 11 is 0. The first-order chi connectivity index (χ1) is 10.3. The van der Waals surface area contributed by atoms with E-state index in [1.54, 1.807) is 12.5 Å². The number of aromatic amines is 1. The highest BCUT2D eigenvalue weighted by molar-refractivity contribution is 6.32. The van der Waals surface area contributed by atoms with Crippen LogP contribution in [0.2, 0.25) is 0 Å². The van der Waals surface area contributed by atoms with Crippen molar-refractivity contribution in [2.45, 2.75) is 13.0 Å². The molecule has 0 aliphatic carbocycles. The number of rotatable bonds is 5. The van der Waals surface area contributed by atoms with E-state index in [1.807, 2.05) is 24.3 Å². The van der Waals surface area contributed by atoms with Crippen LogP contribution in [0, 0.1) is 0 Å². The molecule has 3 rings (SSSR count). The molecule has 0 atom stereocenters. The number of benzene rings is 1. The lowest BCUT2D eigenvalue weighted by atomic mass is 10.1. The van der Waals surface area contributed by atoms with Crippen LogP contribution in [0.15, 0.2) is 40.6 Å². The fraction of sp³-hybridized carbons (Fsp3) is 0.267. The fourth-order valence-electron chi connectivity index (χ4n) is 2.07. The van der Waals surface area contributed by atoms with Gasteiger partial charge >= 0.3 is 0 Å². The van der Waals surface area contributed by atoms with Gasteiger partial charge < -0.3 is 15.5 Å². The molecule has 2 aromatic rings. The first-order valence-electron chi connectivity index (χ1n) is 6.86. The molecule has 0 unspecified atom stereocenters. The Labute approximate surface area is 122 Å². The van der Waals surface area contributed by atoms with Crippen molar-refractivity contribution in [2.75, 3.05) is 13.2 Å². The lowest BCUT2D eigenvalue weighted by Gasteiger charge is -2.07. The van der Waals surface area contributed by atoms with Gasteiger partial charge in [-0.2, -0.15) is 0 Å². The summed E-state index contributed by atoms with van der Waals surface area (Å²) in [6, 6.07) is 7.90. The van der Waals surface area contributed by atoms with Crippen LogP contribution in [0.25, 0.3) is 0 Å².